The zero-order valence-corrected chi connectivity index (χ0v) is 12.1. The first-order valence-corrected chi connectivity index (χ1v) is 7.14. The van der Waals surface area contributed by atoms with Crippen molar-refractivity contribution in [2.45, 2.75) is 39.5 Å². The van der Waals surface area contributed by atoms with Gasteiger partial charge in [-0.15, -0.1) is 0 Å². The second-order valence-corrected chi connectivity index (χ2v) is 5.32. The van der Waals surface area contributed by atoms with Crippen LogP contribution < -0.4 is 11.1 Å². The van der Waals surface area contributed by atoms with Crippen molar-refractivity contribution in [2.24, 2.45) is 11.7 Å². The van der Waals surface area contributed by atoms with E-state index in [1.807, 2.05) is 0 Å². The lowest BCUT2D eigenvalue weighted by Gasteiger charge is -2.09. The van der Waals surface area contributed by atoms with Crippen LogP contribution in [0.2, 0.25) is 0 Å². The molecule has 3 heteroatoms. The number of nitrogens with two attached hydrogens (primary N) is 1. The highest BCUT2D eigenvalue weighted by atomic mass is 16.1. The predicted molar refractivity (Wildman–Crippen MR) is 80.0 cm³/mol. The van der Waals surface area contributed by atoms with Crippen LogP contribution in [-0.4, -0.2) is 19.0 Å². The molecule has 0 aliphatic rings. The van der Waals surface area contributed by atoms with Gasteiger partial charge in [-0.1, -0.05) is 36.8 Å². The molecule has 3 N–H and O–H groups in total. The summed E-state index contributed by atoms with van der Waals surface area (Å²) in [6.07, 6.45) is 3.46. The molecule has 0 fully saturated rings. The molecule has 1 unspecified atom stereocenters. The molecule has 0 bridgehead atoms. The first kappa shape index (κ1) is 15.7. The van der Waals surface area contributed by atoms with Gasteiger partial charge >= 0.3 is 0 Å². The molecule has 0 saturated heterocycles. The van der Waals surface area contributed by atoms with E-state index in [-0.39, 0.29) is 5.91 Å². The maximum Gasteiger partial charge on any atom is 0.220 e. The van der Waals surface area contributed by atoms with Gasteiger partial charge in [-0.05, 0) is 44.2 Å². The first-order valence-electron chi connectivity index (χ1n) is 7.14. The number of aryl methyl sites for hydroxylation is 2. The molecule has 19 heavy (non-hydrogen) atoms. The first-order chi connectivity index (χ1) is 9.11. The van der Waals surface area contributed by atoms with Crippen LogP contribution in [0.3, 0.4) is 0 Å². The van der Waals surface area contributed by atoms with Crippen molar-refractivity contribution in [2.75, 3.05) is 13.1 Å². The monoisotopic (exact) mass is 262 g/mol. The van der Waals surface area contributed by atoms with Crippen molar-refractivity contribution < 1.29 is 4.79 Å². The highest BCUT2D eigenvalue weighted by molar-refractivity contribution is 5.76. The number of nitrogens with one attached hydrogen (secondary N) is 1. The SMILES string of the molecule is Cc1ccc(CCC(=O)NCCCC(C)CN)cc1. The Morgan fingerprint density at radius 2 is 2.00 bits per heavy atom. The molecule has 3 nitrogen and oxygen atoms in total. The number of benzene rings is 1. The summed E-state index contributed by atoms with van der Waals surface area (Å²) in [5, 5.41) is 2.96. The minimum Gasteiger partial charge on any atom is -0.356 e. The summed E-state index contributed by atoms with van der Waals surface area (Å²) >= 11 is 0. The molecule has 1 rings (SSSR count). The molecule has 0 saturated carbocycles. The zero-order chi connectivity index (χ0) is 14.1. The predicted octanol–water partition coefficient (Wildman–Crippen LogP) is 2.42. The molecule has 1 atom stereocenters. The number of rotatable bonds is 8. The van der Waals surface area contributed by atoms with Crippen molar-refractivity contribution in [3.05, 3.63) is 35.4 Å². The fourth-order valence-corrected chi connectivity index (χ4v) is 1.90. The van der Waals surface area contributed by atoms with Gasteiger partial charge in [0.2, 0.25) is 5.91 Å². The number of amides is 1. The normalized spacial score (nSPS) is 12.2. The van der Waals surface area contributed by atoms with Crippen LogP contribution in [0.5, 0.6) is 0 Å². The van der Waals surface area contributed by atoms with Crippen LogP contribution in [0.4, 0.5) is 0 Å². The van der Waals surface area contributed by atoms with Crippen LogP contribution in [0.15, 0.2) is 24.3 Å². The summed E-state index contributed by atoms with van der Waals surface area (Å²) in [5.74, 6) is 0.686. The highest BCUT2D eigenvalue weighted by Crippen LogP contribution is 2.06. The van der Waals surface area contributed by atoms with Gasteiger partial charge in [-0.2, -0.15) is 0 Å². The number of hydrogen-bond acceptors (Lipinski definition) is 2. The molecule has 0 aromatic heterocycles. The Kier molecular flexibility index (Phi) is 7.19. The van der Waals surface area contributed by atoms with Crippen molar-refractivity contribution >= 4 is 5.91 Å². The minimum absolute atomic E-state index is 0.140. The molecule has 0 radical (unpaired) electrons. The third kappa shape index (κ3) is 6.97. The summed E-state index contributed by atoms with van der Waals surface area (Å²) in [6.45, 7) is 5.69. The van der Waals surface area contributed by atoms with Crippen molar-refractivity contribution in [3.8, 4) is 0 Å². The van der Waals surface area contributed by atoms with Gasteiger partial charge in [-0.25, -0.2) is 0 Å². The third-order valence-electron chi connectivity index (χ3n) is 3.36. The van der Waals surface area contributed by atoms with Crippen LogP contribution in [0.1, 0.15) is 37.3 Å². The van der Waals surface area contributed by atoms with Gasteiger partial charge in [-0.3, -0.25) is 4.79 Å². The lowest BCUT2D eigenvalue weighted by atomic mass is 10.1. The van der Waals surface area contributed by atoms with Gasteiger partial charge in [0.1, 0.15) is 0 Å². The Balaban J connectivity index is 2.12. The molecular weight excluding hydrogens is 236 g/mol. The molecule has 0 spiro atoms. The van der Waals surface area contributed by atoms with Crippen LogP contribution >= 0.6 is 0 Å². The van der Waals surface area contributed by atoms with E-state index >= 15 is 0 Å². The minimum atomic E-state index is 0.140. The standard InChI is InChI=1S/C16H26N2O/c1-13-5-7-15(8-6-13)9-10-16(19)18-11-3-4-14(2)12-17/h5-8,14H,3-4,9-12,17H2,1-2H3,(H,18,19). The van der Waals surface area contributed by atoms with Gasteiger partial charge in [0.15, 0.2) is 0 Å². The molecule has 1 aromatic carbocycles. The molecular formula is C16H26N2O. The maximum absolute atomic E-state index is 11.7. The highest BCUT2D eigenvalue weighted by Gasteiger charge is 2.03. The molecule has 106 valence electrons. The second kappa shape index (κ2) is 8.70. The smallest absolute Gasteiger partial charge is 0.220 e. The fourth-order valence-electron chi connectivity index (χ4n) is 1.90. The summed E-state index contributed by atoms with van der Waals surface area (Å²) in [5.41, 5.74) is 8.02. The Hall–Kier alpha value is -1.35. The fraction of sp³-hybridized carbons (Fsp3) is 0.562. The Morgan fingerprint density at radius 1 is 1.32 bits per heavy atom. The van der Waals surface area contributed by atoms with E-state index in [0.717, 1.165) is 32.4 Å². The third-order valence-corrected chi connectivity index (χ3v) is 3.36. The van der Waals surface area contributed by atoms with E-state index in [2.05, 4.69) is 43.4 Å². The van der Waals surface area contributed by atoms with Crippen LogP contribution in [0, 0.1) is 12.8 Å². The quantitative estimate of drug-likeness (QED) is 0.707. The zero-order valence-electron chi connectivity index (χ0n) is 12.1. The summed E-state index contributed by atoms with van der Waals surface area (Å²) < 4.78 is 0. The molecule has 1 amide bonds. The molecule has 0 heterocycles. The lowest BCUT2D eigenvalue weighted by molar-refractivity contribution is -0.121. The van der Waals surface area contributed by atoms with Gasteiger partial charge in [0.05, 0.1) is 0 Å². The molecule has 0 aliphatic carbocycles. The van der Waals surface area contributed by atoms with E-state index in [4.69, 9.17) is 5.73 Å². The number of carbonyl (C=O) groups is 1. The van der Waals surface area contributed by atoms with Gasteiger partial charge < -0.3 is 11.1 Å². The number of hydrogen-bond donors (Lipinski definition) is 2. The number of carbonyl (C=O) groups excluding carboxylic acids is 1. The molecule has 1 aromatic rings. The summed E-state index contributed by atoms with van der Waals surface area (Å²) in [4.78, 5) is 11.7. The Labute approximate surface area is 116 Å². The van der Waals surface area contributed by atoms with E-state index in [0.29, 0.717) is 12.3 Å². The van der Waals surface area contributed by atoms with E-state index in [1.54, 1.807) is 0 Å². The van der Waals surface area contributed by atoms with Gasteiger partial charge in [0.25, 0.3) is 0 Å². The van der Waals surface area contributed by atoms with Crippen molar-refractivity contribution in [3.63, 3.8) is 0 Å². The largest absolute Gasteiger partial charge is 0.356 e. The summed E-state index contributed by atoms with van der Waals surface area (Å²) in [7, 11) is 0. The van der Waals surface area contributed by atoms with Gasteiger partial charge in [0, 0.05) is 13.0 Å². The van der Waals surface area contributed by atoms with E-state index in [1.165, 1.54) is 11.1 Å². The second-order valence-electron chi connectivity index (χ2n) is 5.32. The van der Waals surface area contributed by atoms with Crippen molar-refractivity contribution in [1.82, 2.24) is 5.32 Å². The summed E-state index contributed by atoms with van der Waals surface area (Å²) in [6, 6.07) is 8.35. The van der Waals surface area contributed by atoms with Crippen LogP contribution in [0.25, 0.3) is 0 Å². The Morgan fingerprint density at radius 3 is 2.63 bits per heavy atom. The maximum atomic E-state index is 11.7. The lowest BCUT2D eigenvalue weighted by Crippen LogP contribution is -2.25. The molecule has 0 aliphatic heterocycles. The average molecular weight is 262 g/mol. The van der Waals surface area contributed by atoms with E-state index in [9.17, 15) is 4.79 Å². The Bertz CT molecular complexity index is 373. The topological polar surface area (TPSA) is 55.1 Å². The van der Waals surface area contributed by atoms with Crippen LogP contribution in [-0.2, 0) is 11.2 Å². The van der Waals surface area contributed by atoms with E-state index < -0.39 is 0 Å². The average Bonchev–Trinajstić information content (AvgIpc) is 2.42. The van der Waals surface area contributed by atoms with Crippen molar-refractivity contribution in [1.29, 1.82) is 0 Å².